The zero-order valence-corrected chi connectivity index (χ0v) is 21.2. The fourth-order valence-electron chi connectivity index (χ4n) is 3.55. The number of hydrogen-bond donors (Lipinski definition) is 2. The predicted molar refractivity (Wildman–Crippen MR) is 141 cm³/mol. The number of hydrogen-bond acceptors (Lipinski definition) is 6. The molecule has 0 spiro atoms. The molecule has 0 radical (unpaired) electrons. The van der Waals surface area contributed by atoms with Crippen LogP contribution in [0.25, 0.3) is 23.3 Å². The third kappa shape index (κ3) is 6.04. The van der Waals surface area contributed by atoms with Crippen molar-refractivity contribution in [3.8, 4) is 23.6 Å². The predicted octanol–water partition coefficient (Wildman–Crippen LogP) is 5.99. The molecule has 0 heterocycles. The monoisotopic (exact) mass is 558 g/mol. The normalized spacial score (nSPS) is 11.3. The molecule has 2 N–H and O–H groups in total. The molecule has 0 bridgehead atoms. The number of carbonyl (C=O) groups is 2. The Hall–Kier alpha value is -4.86. The number of rotatable bonds is 8. The second-order valence-electron chi connectivity index (χ2n) is 7.56. The first-order valence-electron chi connectivity index (χ1n) is 10.6. The maximum atomic E-state index is 11.5. The van der Waals surface area contributed by atoms with Crippen LogP contribution in [-0.4, -0.2) is 36.4 Å². The number of halogens is 1. The topological polar surface area (TPSA) is 141 Å². The Labute approximate surface area is 221 Å². The third-order valence-electron chi connectivity index (χ3n) is 5.34. The van der Waals surface area contributed by atoms with Crippen LogP contribution in [-0.2, 0) is 0 Å². The van der Waals surface area contributed by atoms with Gasteiger partial charge in [-0.2, -0.15) is 10.5 Å². The molecule has 0 saturated carbocycles. The molecule has 37 heavy (non-hydrogen) atoms. The maximum absolute atomic E-state index is 11.5. The van der Waals surface area contributed by atoms with E-state index in [1.54, 1.807) is 42.5 Å². The molecule has 0 fully saturated rings. The number of carboxylic acids is 2. The van der Waals surface area contributed by atoms with Gasteiger partial charge in [0.15, 0.2) is 0 Å². The Kier molecular flexibility index (Phi) is 8.47. The van der Waals surface area contributed by atoms with Crippen LogP contribution in [0.5, 0.6) is 11.5 Å². The molecule has 3 rings (SSSR count). The number of methoxy groups -OCH3 is 2. The number of ether oxygens (including phenoxy) is 2. The van der Waals surface area contributed by atoms with Crippen molar-refractivity contribution in [2.45, 2.75) is 0 Å². The van der Waals surface area contributed by atoms with E-state index in [-0.39, 0.29) is 33.8 Å². The fourth-order valence-corrected chi connectivity index (χ4v) is 4.14. The molecule has 0 unspecified atom stereocenters. The Balaban J connectivity index is 2.01. The van der Waals surface area contributed by atoms with Gasteiger partial charge in [-0.05, 0) is 59.2 Å². The first kappa shape index (κ1) is 26.7. The summed E-state index contributed by atoms with van der Waals surface area (Å²) in [7, 11) is 2.75. The maximum Gasteiger partial charge on any atom is 0.339 e. The van der Waals surface area contributed by atoms with Gasteiger partial charge in [-0.15, -0.1) is 0 Å². The lowest BCUT2D eigenvalue weighted by atomic mass is 9.98. The van der Waals surface area contributed by atoms with E-state index in [9.17, 15) is 30.3 Å². The summed E-state index contributed by atoms with van der Waals surface area (Å²) in [5.41, 5.74) is 2.56. The van der Waals surface area contributed by atoms with Crippen LogP contribution in [0.3, 0.4) is 0 Å². The molecule has 3 aromatic carbocycles. The lowest BCUT2D eigenvalue weighted by Gasteiger charge is -2.09. The minimum atomic E-state index is -1.15. The highest BCUT2D eigenvalue weighted by molar-refractivity contribution is 9.10. The molecule has 0 aliphatic carbocycles. The fraction of sp³-hybridized carbons (Fsp3) is 0.0714. The van der Waals surface area contributed by atoms with Gasteiger partial charge in [-0.3, -0.25) is 0 Å². The first-order chi connectivity index (χ1) is 17.7. The van der Waals surface area contributed by atoms with Crippen molar-refractivity contribution in [2.75, 3.05) is 14.2 Å². The van der Waals surface area contributed by atoms with Crippen molar-refractivity contribution in [2.24, 2.45) is 0 Å². The van der Waals surface area contributed by atoms with Crippen molar-refractivity contribution >= 4 is 51.2 Å². The Morgan fingerprint density at radius 3 is 1.65 bits per heavy atom. The largest absolute Gasteiger partial charge is 0.496 e. The van der Waals surface area contributed by atoms with Gasteiger partial charge in [-0.25, -0.2) is 9.59 Å². The van der Waals surface area contributed by atoms with Crippen molar-refractivity contribution in [3.05, 3.63) is 92.5 Å². The van der Waals surface area contributed by atoms with Gasteiger partial charge in [-0.1, -0.05) is 40.2 Å². The molecule has 0 aliphatic rings. The molecule has 0 atom stereocenters. The molecule has 184 valence electrons. The summed E-state index contributed by atoms with van der Waals surface area (Å²) >= 11 is 3.46. The summed E-state index contributed by atoms with van der Waals surface area (Å²) in [6.45, 7) is 0. The van der Waals surface area contributed by atoms with Gasteiger partial charge < -0.3 is 19.7 Å². The first-order valence-corrected chi connectivity index (χ1v) is 11.4. The van der Waals surface area contributed by atoms with Crippen molar-refractivity contribution in [1.29, 1.82) is 10.5 Å². The standard InChI is InChI=1S/C28H19BrN2O6/c1-36-25-7-3-16(11-22(25)27(32)33)9-19(14-30)18-5-6-21(24(29)13-18)20(15-31)10-17-4-8-26(37-2)23(12-17)28(34)35/h3-13H,1-2H3,(H,32,33)(H,34,35)/b19-9+,20-10+. The van der Waals surface area contributed by atoms with Gasteiger partial charge in [0, 0.05) is 10.0 Å². The molecule has 8 nitrogen and oxygen atoms in total. The zero-order chi connectivity index (χ0) is 27.1. The van der Waals surface area contributed by atoms with Gasteiger partial charge in [0.2, 0.25) is 0 Å². The number of nitrogens with zero attached hydrogens (tertiary/aromatic N) is 2. The van der Waals surface area contributed by atoms with E-state index >= 15 is 0 Å². The van der Waals surface area contributed by atoms with E-state index in [1.807, 2.05) is 0 Å². The van der Waals surface area contributed by atoms with E-state index in [1.165, 1.54) is 38.5 Å². The summed E-state index contributed by atoms with van der Waals surface area (Å²) in [5.74, 6) is -1.89. The molecule has 0 aromatic heterocycles. The average Bonchev–Trinajstić information content (AvgIpc) is 2.90. The lowest BCUT2D eigenvalue weighted by Crippen LogP contribution is -2.00. The van der Waals surface area contributed by atoms with Crippen LogP contribution < -0.4 is 9.47 Å². The van der Waals surface area contributed by atoms with Gasteiger partial charge in [0.1, 0.15) is 22.6 Å². The van der Waals surface area contributed by atoms with Crippen LogP contribution in [0.2, 0.25) is 0 Å². The van der Waals surface area contributed by atoms with E-state index in [4.69, 9.17) is 9.47 Å². The summed E-state index contributed by atoms with van der Waals surface area (Å²) in [6, 6.07) is 18.4. The summed E-state index contributed by atoms with van der Waals surface area (Å²) < 4.78 is 10.7. The van der Waals surface area contributed by atoms with E-state index in [2.05, 4.69) is 28.1 Å². The highest BCUT2D eigenvalue weighted by Gasteiger charge is 2.14. The Morgan fingerprint density at radius 2 is 1.24 bits per heavy atom. The summed E-state index contributed by atoms with van der Waals surface area (Å²) in [4.78, 5) is 23.0. The van der Waals surface area contributed by atoms with Gasteiger partial charge >= 0.3 is 11.9 Å². The van der Waals surface area contributed by atoms with Crippen LogP contribution in [0.4, 0.5) is 0 Å². The smallest absolute Gasteiger partial charge is 0.339 e. The number of nitriles is 2. The average molecular weight is 559 g/mol. The van der Waals surface area contributed by atoms with Crippen molar-refractivity contribution in [3.63, 3.8) is 0 Å². The van der Waals surface area contributed by atoms with Crippen LogP contribution in [0.15, 0.2) is 59.1 Å². The van der Waals surface area contributed by atoms with Gasteiger partial charge in [0.25, 0.3) is 0 Å². The highest BCUT2D eigenvalue weighted by Crippen LogP contribution is 2.31. The summed E-state index contributed by atoms with van der Waals surface area (Å²) in [6.07, 6.45) is 3.11. The van der Waals surface area contributed by atoms with E-state index in [0.29, 0.717) is 26.7 Å². The summed E-state index contributed by atoms with van der Waals surface area (Å²) in [5, 5.41) is 38.3. The van der Waals surface area contributed by atoms with Crippen LogP contribution in [0.1, 0.15) is 43.0 Å². The molecule has 0 saturated heterocycles. The lowest BCUT2D eigenvalue weighted by molar-refractivity contribution is 0.0682. The van der Waals surface area contributed by atoms with Crippen molar-refractivity contribution < 1.29 is 29.3 Å². The van der Waals surface area contributed by atoms with Crippen LogP contribution in [0, 0.1) is 22.7 Å². The molecule has 0 amide bonds. The highest BCUT2D eigenvalue weighted by atomic mass is 79.9. The van der Waals surface area contributed by atoms with E-state index in [0.717, 1.165) is 0 Å². The van der Waals surface area contributed by atoms with Crippen molar-refractivity contribution in [1.82, 2.24) is 0 Å². The number of carboxylic acid groups (broad SMARTS) is 2. The number of benzene rings is 3. The minimum absolute atomic E-state index is 0.0292. The Bertz CT molecular complexity index is 1540. The molecule has 0 aliphatic heterocycles. The Morgan fingerprint density at radius 1 is 0.757 bits per heavy atom. The van der Waals surface area contributed by atoms with E-state index < -0.39 is 11.9 Å². The molecular formula is C28H19BrN2O6. The number of allylic oxidation sites excluding steroid dienone is 2. The molecular weight excluding hydrogens is 540 g/mol. The molecule has 9 heteroatoms. The SMILES string of the molecule is COc1ccc(/C=C(\C#N)c2ccc(/C(C#N)=C/c3ccc(OC)c(C(=O)O)c3)c(Br)c2)cc1C(=O)O. The second kappa shape index (κ2) is 11.7. The second-order valence-corrected chi connectivity index (χ2v) is 8.42. The third-order valence-corrected chi connectivity index (χ3v) is 6.00. The quantitative estimate of drug-likeness (QED) is 0.253. The van der Waals surface area contributed by atoms with Crippen LogP contribution >= 0.6 is 15.9 Å². The zero-order valence-electron chi connectivity index (χ0n) is 19.7. The molecule has 3 aromatic rings. The number of aromatic carboxylic acids is 2. The van der Waals surface area contributed by atoms with Gasteiger partial charge in [0.05, 0.1) is 37.5 Å². The minimum Gasteiger partial charge on any atom is -0.496 e.